The highest BCUT2D eigenvalue weighted by Crippen LogP contribution is 2.30. The van der Waals surface area contributed by atoms with Gasteiger partial charge in [0.15, 0.2) is 11.5 Å². The van der Waals surface area contributed by atoms with Crippen LogP contribution in [-0.4, -0.2) is 62.4 Å². The molecule has 190 valence electrons. The van der Waals surface area contributed by atoms with Crippen molar-refractivity contribution in [3.63, 3.8) is 0 Å². The fourth-order valence-corrected chi connectivity index (χ4v) is 4.15. The minimum absolute atomic E-state index is 0.0252. The molecule has 2 heterocycles. The molecule has 0 saturated carbocycles. The Morgan fingerprint density at radius 2 is 1.89 bits per heavy atom. The number of hydrogen-bond acceptors (Lipinski definition) is 7. The number of hydrogen-bond donors (Lipinski definition) is 1. The number of rotatable bonds is 11. The van der Waals surface area contributed by atoms with Crippen molar-refractivity contribution in [3.8, 4) is 17.2 Å². The van der Waals surface area contributed by atoms with Gasteiger partial charge in [-0.15, -0.1) is 0 Å². The van der Waals surface area contributed by atoms with Gasteiger partial charge in [-0.3, -0.25) is 14.7 Å². The van der Waals surface area contributed by atoms with E-state index in [1.165, 1.54) is 0 Å². The van der Waals surface area contributed by atoms with Crippen molar-refractivity contribution in [2.75, 3.05) is 46.6 Å². The van der Waals surface area contributed by atoms with Crippen molar-refractivity contribution in [2.45, 2.75) is 19.6 Å². The number of amides is 1. The van der Waals surface area contributed by atoms with Crippen LogP contribution >= 0.6 is 0 Å². The van der Waals surface area contributed by atoms with Gasteiger partial charge in [-0.05, 0) is 48.9 Å². The molecule has 1 aliphatic heterocycles. The standard InChI is InChI=1S/C28H33N3O5/c1-3-35-27-17-23(8-11-26(27)36-20-21-5-4-12-29-18-21)28(32)30-19-25(31-13-15-34-16-14-31)22-6-9-24(33-2)10-7-22/h4-12,17-18,25H,3,13-16,19-20H2,1-2H3,(H,30,32). The van der Waals surface area contributed by atoms with Crippen LogP contribution in [0.4, 0.5) is 0 Å². The summed E-state index contributed by atoms with van der Waals surface area (Å²) in [5.74, 6) is 1.76. The predicted molar refractivity (Wildman–Crippen MR) is 137 cm³/mol. The molecule has 3 aromatic rings. The Bertz CT molecular complexity index is 1100. The van der Waals surface area contributed by atoms with Gasteiger partial charge < -0.3 is 24.3 Å². The fraction of sp³-hybridized carbons (Fsp3) is 0.357. The van der Waals surface area contributed by atoms with E-state index in [1.807, 2.05) is 43.3 Å². The minimum Gasteiger partial charge on any atom is -0.497 e. The molecule has 1 aliphatic rings. The van der Waals surface area contributed by atoms with Crippen LogP contribution in [0.25, 0.3) is 0 Å². The molecule has 1 saturated heterocycles. The maximum absolute atomic E-state index is 13.1. The third-order valence-corrected chi connectivity index (χ3v) is 6.07. The molecule has 1 unspecified atom stereocenters. The first kappa shape index (κ1) is 25.5. The summed E-state index contributed by atoms with van der Waals surface area (Å²) >= 11 is 0. The van der Waals surface area contributed by atoms with Crippen LogP contribution in [0.3, 0.4) is 0 Å². The number of ether oxygens (including phenoxy) is 4. The first-order valence-electron chi connectivity index (χ1n) is 12.2. The van der Waals surface area contributed by atoms with Gasteiger partial charge in [0, 0.05) is 43.2 Å². The van der Waals surface area contributed by atoms with Crippen LogP contribution in [-0.2, 0) is 11.3 Å². The van der Waals surface area contributed by atoms with Gasteiger partial charge in [-0.2, -0.15) is 0 Å². The number of nitrogens with one attached hydrogen (secondary N) is 1. The van der Waals surface area contributed by atoms with Gasteiger partial charge in [0.2, 0.25) is 0 Å². The van der Waals surface area contributed by atoms with Crippen molar-refractivity contribution in [1.29, 1.82) is 0 Å². The number of methoxy groups -OCH3 is 1. The van der Waals surface area contributed by atoms with E-state index in [2.05, 4.69) is 15.2 Å². The van der Waals surface area contributed by atoms with Gasteiger partial charge in [0.25, 0.3) is 5.91 Å². The van der Waals surface area contributed by atoms with Gasteiger partial charge in [-0.1, -0.05) is 18.2 Å². The van der Waals surface area contributed by atoms with Crippen molar-refractivity contribution >= 4 is 5.91 Å². The normalized spacial score (nSPS) is 14.6. The van der Waals surface area contributed by atoms with Gasteiger partial charge in [-0.25, -0.2) is 0 Å². The van der Waals surface area contributed by atoms with Crippen LogP contribution < -0.4 is 19.5 Å². The van der Waals surface area contributed by atoms with E-state index in [9.17, 15) is 4.79 Å². The Labute approximate surface area is 212 Å². The third-order valence-electron chi connectivity index (χ3n) is 6.07. The molecular weight excluding hydrogens is 458 g/mol. The van der Waals surface area contributed by atoms with Crippen molar-refractivity contribution in [3.05, 3.63) is 83.7 Å². The summed E-state index contributed by atoms with van der Waals surface area (Å²) < 4.78 is 22.6. The average Bonchev–Trinajstić information content (AvgIpc) is 2.94. The Hall–Kier alpha value is -3.62. The van der Waals surface area contributed by atoms with E-state index in [1.54, 1.807) is 37.7 Å². The average molecular weight is 492 g/mol. The Morgan fingerprint density at radius 1 is 1.08 bits per heavy atom. The lowest BCUT2D eigenvalue weighted by atomic mass is 10.0. The molecule has 0 bridgehead atoms. The Balaban J connectivity index is 1.45. The first-order valence-corrected chi connectivity index (χ1v) is 12.2. The van der Waals surface area contributed by atoms with E-state index in [0.29, 0.717) is 50.0 Å². The van der Waals surface area contributed by atoms with Gasteiger partial charge in [0.05, 0.1) is 33.0 Å². The lowest BCUT2D eigenvalue weighted by molar-refractivity contribution is 0.0162. The summed E-state index contributed by atoms with van der Waals surface area (Å²) in [7, 11) is 1.65. The van der Waals surface area contributed by atoms with Gasteiger partial charge >= 0.3 is 0 Å². The lowest BCUT2D eigenvalue weighted by Gasteiger charge is -2.35. The van der Waals surface area contributed by atoms with Crippen LogP contribution in [0.1, 0.15) is 34.5 Å². The number of nitrogens with zero attached hydrogens (tertiary/aromatic N) is 2. The molecule has 1 atom stereocenters. The molecule has 0 spiro atoms. The maximum Gasteiger partial charge on any atom is 0.251 e. The molecule has 0 aliphatic carbocycles. The molecule has 1 fully saturated rings. The van der Waals surface area contributed by atoms with Crippen LogP contribution in [0.5, 0.6) is 17.2 Å². The lowest BCUT2D eigenvalue weighted by Crippen LogP contribution is -2.43. The second-order valence-electron chi connectivity index (χ2n) is 8.39. The minimum atomic E-state index is -0.165. The van der Waals surface area contributed by atoms with E-state index in [4.69, 9.17) is 18.9 Å². The topological polar surface area (TPSA) is 82.2 Å². The predicted octanol–water partition coefficient (Wildman–Crippen LogP) is 3.87. The third kappa shape index (κ3) is 6.74. The van der Waals surface area contributed by atoms with Crippen LogP contribution in [0, 0.1) is 0 Å². The molecular formula is C28H33N3O5. The molecule has 1 aromatic heterocycles. The summed E-state index contributed by atoms with van der Waals surface area (Å²) in [4.78, 5) is 19.6. The second-order valence-corrected chi connectivity index (χ2v) is 8.39. The number of pyridine rings is 1. The quantitative estimate of drug-likeness (QED) is 0.436. The van der Waals surface area contributed by atoms with Crippen molar-refractivity contribution in [2.24, 2.45) is 0 Å². The summed E-state index contributed by atoms with van der Waals surface area (Å²) in [5.41, 5.74) is 2.59. The highest BCUT2D eigenvalue weighted by atomic mass is 16.5. The Morgan fingerprint density at radius 3 is 2.58 bits per heavy atom. The fourth-order valence-electron chi connectivity index (χ4n) is 4.15. The number of benzene rings is 2. The SMILES string of the molecule is CCOc1cc(C(=O)NCC(c2ccc(OC)cc2)N2CCOCC2)ccc1OCc1cccnc1. The monoisotopic (exact) mass is 491 g/mol. The number of carbonyl (C=O) groups excluding carboxylic acids is 1. The first-order chi connectivity index (χ1) is 17.7. The smallest absolute Gasteiger partial charge is 0.251 e. The largest absolute Gasteiger partial charge is 0.497 e. The molecule has 8 heteroatoms. The number of carbonyl (C=O) groups is 1. The molecule has 1 amide bonds. The van der Waals surface area contributed by atoms with Crippen molar-refractivity contribution < 1.29 is 23.7 Å². The molecule has 4 rings (SSSR count). The number of morpholine rings is 1. The van der Waals surface area contributed by atoms with Crippen LogP contribution in [0.2, 0.25) is 0 Å². The Kier molecular flexibility index (Phi) is 9.13. The maximum atomic E-state index is 13.1. The zero-order chi connectivity index (χ0) is 25.2. The second kappa shape index (κ2) is 12.9. The molecule has 2 aromatic carbocycles. The summed E-state index contributed by atoms with van der Waals surface area (Å²) in [6.45, 7) is 6.17. The van der Waals surface area contributed by atoms with E-state index < -0.39 is 0 Å². The zero-order valence-electron chi connectivity index (χ0n) is 20.8. The molecule has 36 heavy (non-hydrogen) atoms. The van der Waals surface area contributed by atoms with E-state index in [0.717, 1.165) is 30.0 Å². The highest BCUT2D eigenvalue weighted by molar-refractivity contribution is 5.94. The zero-order valence-corrected chi connectivity index (χ0v) is 20.8. The molecule has 8 nitrogen and oxygen atoms in total. The number of aromatic nitrogens is 1. The van der Waals surface area contributed by atoms with Crippen LogP contribution in [0.15, 0.2) is 67.0 Å². The van der Waals surface area contributed by atoms with E-state index in [-0.39, 0.29) is 11.9 Å². The summed E-state index contributed by atoms with van der Waals surface area (Å²) in [6, 6.07) is 17.1. The van der Waals surface area contributed by atoms with Crippen molar-refractivity contribution in [1.82, 2.24) is 15.2 Å². The van der Waals surface area contributed by atoms with Gasteiger partial charge in [0.1, 0.15) is 12.4 Å². The summed E-state index contributed by atoms with van der Waals surface area (Å²) in [6.07, 6.45) is 3.48. The van der Waals surface area contributed by atoms with E-state index >= 15 is 0 Å². The highest BCUT2D eigenvalue weighted by Gasteiger charge is 2.24. The molecule has 0 radical (unpaired) electrons. The summed E-state index contributed by atoms with van der Waals surface area (Å²) in [5, 5.41) is 3.11. The molecule has 1 N–H and O–H groups in total.